The number of nitrogens with zero attached hydrogens (tertiary/aromatic N) is 3. The molecule has 0 spiro atoms. The zero-order chi connectivity index (χ0) is 18.7. The van der Waals surface area contributed by atoms with Gasteiger partial charge in [-0.2, -0.15) is 5.10 Å². The second-order valence-corrected chi connectivity index (χ2v) is 8.49. The Kier molecular flexibility index (Phi) is 5.43. The number of nitrogens with one attached hydrogen (secondary N) is 1. The molecule has 0 bridgehead atoms. The summed E-state index contributed by atoms with van der Waals surface area (Å²) in [5.41, 5.74) is 2.24. The van der Waals surface area contributed by atoms with Gasteiger partial charge in [0.05, 0.1) is 29.4 Å². The van der Waals surface area contributed by atoms with Crippen LogP contribution in [0.1, 0.15) is 35.3 Å². The number of benzene rings is 1. The first kappa shape index (κ1) is 18.6. The normalized spacial score (nSPS) is 18.1. The smallest absolute Gasteiger partial charge is 0.257 e. The topological polar surface area (TPSA) is 84.3 Å². The van der Waals surface area contributed by atoms with Crippen LogP contribution in [0.15, 0.2) is 36.5 Å². The molecular weight excluding hydrogens is 352 g/mol. The summed E-state index contributed by atoms with van der Waals surface area (Å²) in [6.07, 6.45) is 5.44. The number of piperidine rings is 1. The van der Waals surface area contributed by atoms with Gasteiger partial charge in [-0.25, -0.2) is 17.8 Å². The van der Waals surface area contributed by atoms with E-state index in [1.54, 1.807) is 15.8 Å². The third kappa shape index (κ3) is 4.13. The molecule has 0 radical (unpaired) electrons. The van der Waals surface area contributed by atoms with Gasteiger partial charge in [0.25, 0.3) is 5.91 Å². The average Bonchev–Trinajstić information content (AvgIpc) is 3.01. The molecule has 1 aliphatic heterocycles. The quantitative estimate of drug-likeness (QED) is 0.861. The highest BCUT2D eigenvalue weighted by atomic mass is 32.2. The van der Waals surface area contributed by atoms with E-state index in [0.717, 1.165) is 36.9 Å². The monoisotopic (exact) mass is 376 g/mol. The van der Waals surface area contributed by atoms with Crippen molar-refractivity contribution in [2.75, 3.05) is 19.3 Å². The molecule has 7 nitrogen and oxygen atoms in total. The maximum absolute atomic E-state index is 13.1. The number of amides is 1. The lowest BCUT2D eigenvalue weighted by molar-refractivity contribution is 0.0618. The van der Waals surface area contributed by atoms with Crippen LogP contribution in [0.2, 0.25) is 0 Å². The Morgan fingerprint density at radius 2 is 2.00 bits per heavy atom. The Morgan fingerprint density at radius 1 is 1.27 bits per heavy atom. The number of hydrogen-bond donors (Lipinski definition) is 1. The van der Waals surface area contributed by atoms with E-state index in [0.29, 0.717) is 12.1 Å². The van der Waals surface area contributed by atoms with Crippen LogP contribution >= 0.6 is 0 Å². The van der Waals surface area contributed by atoms with Crippen molar-refractivity contribution in [2.24, 2.45) is 0 Å². The highest BCUT2D eigenvalue weighted by molar-refractivity contribution is 7.88. The summed E-state index contributed by atoms with van der Waals surface area (Å²) in [4.78, 5) is 14.9. The van der Waals surface area contributed by atoms with E-state index in [1.165, 1.54) is 0 Å². The first-order valence-electron chi connectivity index (χ1n) is 8.72. The van der Waals surface area contributed by atoms with Crippen LogP contribution in [0.5, 0.6) is 0 Å². The van der Waals surface area contributed by atoms with Crippen LogP contribution in [-0.4, -0.2) is 54.4 Å². The average molecular weight is 376 g/mol. The van der Waals surface area contributed by atoms with Gasteiger partial charge in [0, 0.05) is 19.1 Å². The first-order chi connectivity index (χ1) is 12.4. The maximum Gasteiger partial charge on any atom is 0.257 e. The molecule has 1 unspecified atom stereocenters. The summed E-state index contributed by atoms with van der Waals surface area (Å²) in [5.74, 6) is -0.0929. The fraction of sp³-hybridized carbons (Fsp3) is 0.444. The lowest BCUT2D eigenvalue weighted by Crippen LogP contribution is -2.49. The minimum Gasteiger partial charge on any atom is -0.334 e. The summed E-state index contributed by atoms with van der Waals surface area (Å²) in [7, 11) is -3.28. The fourth-order valence-electron chi connectivity index (χ4n) is 3.33. The Bertz CT molecular complexity index is 877. The number of sulfonamides is 1. The zero-order valence-corrected chi connectivity index (χ0v) is 15.9. The zero-order valence-electron chi connectivity index (χ0n) is 15.1. The van der Waals surface area contributed by atoms with Crippen molar-refractivity contribution in [1.29, 1.82) is 0 Å². The predicted molar refractivity (Wildman–Crippen MR) is 99.8 cm³/mol. The number of hydrogen-bond acceptors (Lipinski definition) is 4. The molecule has 2 aromatic rings. The molecule has 8 heteroatoms. The summed E-state index contributed by atoms with van der Waals surface area (Å²) >= 11 is 0. The molecule has 140 valence electrons. The number of para-hydroxylation sites is 1. The molecule has 0 saturated carbocycles. The van der Waals surface area contributed by atoms with E-state index in [2.05, 4.69) is 9.82 Å². The second kappa shape index (κ2) is 7.59. The maximum atomic E-state index is 13.1. The van der Waals surface area contributed by atoms with Crippen LogP contribution in [0.3, 0.4) is 0 Å². The number of likely N-dealkylation sites (tertiary alicyclic amines) is 1. The fourth-order valence-corrected chi connectivity index (χ4v) is 3.83. The molecule has 1 aliphatic rings. The molecule has 26 heavy (non-hydrogen) atoms. The minimum atomic E-state index is -3.28. The van der Waals surface area contributed by atoms with Gasteiger partial charge in [-0.05, 0) is 38.3 Å². The van der Waals surface area contributed by atoms with Crippen LogP contribution in [0.4, 0.5) is 0 Å². The van der Waals surface area contributed by atoms with Crippen molar-refractivity contribution in [3.8, 4) is 5.69 Å². The van der Waals surface area contributed by atoms with Gasteiger partial charge in [-0.15, -0.1) is 0 Å². The Morgan fingerprint density at radius 3 is 2.69 bits per heavy atom. The van der Waals surface area contributed by atoms with Crippen LogP contribution in [-0.2, 0) is 10.0 Å². The largest absolute Gasteiger partial charge is 0.334 e. The van der Waals surface area contributed by atoms with Crippen LogP contribution in [0, 0.1) is 6.92 Å². The molecule has 1 fully saturated rings. The molecule has 1 saturated heterocycles. The van der Waals surface area contributed by atoms with Crippen molar-refractivity contribution in [1.82, 2.24) is 19.4 Å². The van der Waals surface area contributed by atoms with Gasteiger partial charge in [0.1, 0.15) is 0 Å². The molecule has 1 aromatic carbocycles. The van der Waals surface area contributed by atoms with Crippen molar-refractivity contribution in [3.63, 3.8) is 0 Å². The lowest BCUT2D eigenvalue weighted by Gasteiger charge is -2.35. The summed E-state index contributed by atoms with van der Waals surface area (Å²) in [6, 6.07) is 9.53. The number of carbonyl (C=O) groups is 1. The molecule has 2 heterocycles. The van der Waals surface area contributed by atoms with Gasteiger partial charge in [-0.3, -0.25) is 4.79 Å². The van der Waals surface area contributed by atoms with E-state index in [-0.39, 0.29) is 18.5 Å². The van der Waals surface area contributed by atoms with Crippen molar-refractivity contribution in [2.45, 2.75) is 32.2 Å². The molecular formula is C18H24N4O3S. The lowest BCUT2D eigenvalue weighted by atomic mass is 10.0. The first-order valence-corrected chi connectivity index (χ1v) is 10.6. The van der Waals surface area contributed by atoms with Crippen molar-refractivity contribution in [3.05, 3.63) is 47.8 Å². The molecule has 1 amide bonds. The van der Waals surface area contributed by atoms with Gasteiger partial charge in [0.15, 0.2) is 0 Å². The Labute approximate surface area is 154 Å². The third-order valence-electron chi connectivity index (χ3n) is 4.71. The Balaban J connectivity index is 1.82. The van der Waals surface area contributed by atoms with E-state index < -0.39 is 10.0 Å². The molecule has 0 aliphatic carbocycles. The van der Waals surface area contributed by atoms with Gasteiger partial charge < -0.3 is 4.90 Å². The van der Waals surface area contributed by atoms with E-state index in [4.69, 9.17) is 0 Å². The summed E-state index contributed by atoms with van der Waals surface area (Å²) in [6.45, 7) is 2.75. The number of rotatable bonds is 5. The van der Waals surface area contributed by atoms with E-state index in [1.807, 2.05) is 37.3 Å². The van der Waals surface area contributed by atoms with E-state index >= 15 is 0 Å². The molecule has 1 N–H and O–H groups in total. The predicted octanol–water partition coefficient (Wildman–Crippen LogP) is 1.72. The SMILES string of the molecule is Cc1c(C(=O)N2CCCCC2CNS(C)(=O)=O)cnn1-c1ccccc1. The molecule has 1 aromatic heterocycles. The second-order valence-electron chi connectivity index (χ2n) is 6.66. The van der Waals surface area contributed by atoms with Gasteiger partial charge in [0.2, 0.25) is 10.0 Å². The highest BCUT2D eigenvalue weighted by Crippen LogP contribution is 2.22. The highest BCUT2D eigenvalue weighted by Gasteiger charge is 2.30. The van der Waals surface area contributed by atoms with Gasteiger partial charge >= 0.3 is 0 Å². The summed E-state index contributed by atoms with van der Waals surface area (Å²) in [5, 5.41) is 4.37. The van der Waals surface area contributed by atoms with E-state index in [9.17, 15) is 13.2 Å². The summed E-state index contributed by atoms with van der Waals surface area (Å²) < 4.78 is 27.1. The number of carbonyl (C=O) groups excluding carboxylic acids is 1. The minimum absolute atomic E-state index is 0.0929. The van der Waals surface area contributed by atoms with Crippen LogP contribution < -0.4 is 4.72 Å². The van der Waals surface area contributed by atoms with Crippen molar-refractivity contribution >= 4 is 15.9 Å². The van der Waals surface area contributed by atoms with Crippen LogP contribution in [0.25, 0.3) is 5.69 Å². The standard InChI is InChI=1S/C18H24N4O3S/c1-14-17(13-19-22(14)15-8-4-3-5-9-15)18(23)21-11-7-6-10-16(21)12-20-26(2,24)25/h3-5,8-9,13,16,20H,6-7,10-12H2,1-2H3. The van der Waals surface area contributed by atoms with Crippen molar-refractivity contribution < 1.29 is 13.2 Å². The molecule has 3 rings (SSSR count). The molecule has 1 atom stereocenters. The number of aromatic nitrogens is 2. The third-order valence-corrected chi connectivity index (χ3v) is 5.40. The Hall–Kier alpha value is -2.19. The van der Waals surface area contributed by atoms with Gasteiger partial charge in [-0.1, -0.05) is 18.2 Å².